The van der Waals surface area contributed by atoms with Crippen LogP contribution in [-0.4, -0.2) is 38.5 Å². The number of hydrogen-bond acceptors (Lipinski definition) is 5. The number of nitrogens with one attached hydrogen (secondary N) is 1. The van der Waals surface area contributed by atoms with Gasteiger partial charge in [-0.1, -0.05) is 0 Å². The van der Waals surface area contributed by atoms with Crippen molar-refractivity contribution in [3.63, 3.8) is 0 Å². The molecule has 0 aromatic rings. The van der Waals surface area contributed by atoms with Crippen LogP contribution < -0.4 is 5.56 Å². The zero-order valence-electron chi connectivity index (χ0n) is 12.1. The largest absolute Gasteiger partial charge is 0.431 e. The summed E-state index contributed by atoms with van der Waals surface area (Å²) in [7, 11) is 0. The number of halogens is 4. The first-order chi connectivity index (χ1) is 11.1. The first-order valence-electron chi connectivity index (χ1n) is 6.92. The van der Waals surface area contributed by atoms with Crippen molar-refractivity contribution in [2.45, 2.75) is 37.5 Å². The molecule has 0 bridgehead atoms. The van der Waals surface area contributed by atoms with Crippen molar-refractivity contribution in [1.82, 2.24) is 9.97 Å². The van der Waals surface area contributed by atoms with Crippen molar-refractivity contribution in [1.29, 1.82) is 0 Å². The van der Waals surface area contributed by atoms with E-state index in [1.54, 1.807) is 0 Å². The van der Waals surface area contributed by atoms with E-state index in [2.05, 4.69) is 4.98 Å². The predicted octanol–water partition coefficient (Wildman–Crippen LogP) is 1.21. The number of pyridine rings is 2. The van der Waals surface area contributed by atoms with Gasteiger partial charge in [0, 0.05) is 6.07 Å². The second kappa shape index (κ2) is 5.50. The zero-order chi connectivity index (χ0) is 17.8. The van der Waals surface area contributed by atoms with Gasteiger partial charge in [-0.3, -0.25) is 4.79 Å². The second-order valence-electron chi connectivity index (χ2n) is 5.55. The molecule has 1 saturated heterocycles. The van der Waals surface area contributed by atoms with Gasteiger partial charge in [-0.25, -0.2) is 4.39 Å². The molecule has 3 aliphatic heterocycles. The van der Waals surface area contributed by atoms with Gasteiger partial charge in [0.1, 0.15) is 35.6 Å². The lowest BCUT2D eigenvalue weighted by Gasteiger charge is -2.17. The van der Waals surface area contributed by atoms with E-state index >= 15 is 0 Å². The highest BCUT2D eigenvalue weighted by atomic mass is 19.4. The smallest absolute Gasteiger partial charge is 0.388 e. The van der Waals surface area contributed by atoms with E-state index in [1.165, 1.54) is 6.92 Å². The van der Waals surface area contributed by atoms with Crippen LogP contribution in [0, 0.1) is 5.82 Å². The molecule has 0 aromatic carbocycles. The third-order valence-corrected chi connectivity index (χ3v) is 3.91. The molecular weight excluding hydrogens is 336 g/mol. The Morgan fingerprint density at radius 1 is 1.25 bits per heavy atom. The molecule has 3 aliphatic rings. The van der Waals surface area contributed by atoms with E-state index in [9.17, 15) is 32.6 Å². The summed E-state index contributed by atoms with van der Waals surface area (Å²) in [6.45, 7) is 1.47. The monoisotopic (exact) mass is 348 g/mol. The van der Waals surface area contributed by atoms with Crippen LogP contribution in [-0.2, 0) is 10.9 Å². The summed E-state index contributed by atoms with van der Waals surface area (Å²) in [6, 6.07) is 1.22. The van der Waals surface area contributed by atoms with Gasteiger partial charge < -0.3 is 19.9 Å². The third-order valence-electron chi connectivity index (χ3n) is 3.91. The Hall–Kier alpha value is -2.04. The van der Waals surface area contributed by atoms with Gasteiger partial charge in [0.05, 0.1) is 17.2 Å². The maximum Gasteiger partial charge on any atom is 0.431 e. The average molecular weight is 348 g/mol. The van der Waals surface area contributed by atoms with Crippen molar-refractivity contribution in [2.24, 2.45) is 0 Å². The van der Waals surface area contributed by atoms with Gasteiger partial charge in [-0.05, 0) is 13.0 Å². The number of aromatic amines is 1. The number of ether oxygens (including phenoxy) is 1. The van der Waals surface area contributed by atoms with Crippen LogP contribution in [0.25, 0.3) is 11.4 Å². The van der Waals surface area contributed by atoms with Crippen molar-refractivity contribution in [3.8, 4) is 11.4 Å². The minimum atomic E-state index is -4.83. The van der Waals surface area contributed by atoms with E-state index in [1.807, 2.05) is 4.98 Å². The lowest BCUT2D eigenvalue weighted by atomic mass is 10.0. The third kappa shape index (κ3) is 2.66. The van der Waals surface area contributed by atoms with E-state index in [-0.39, 0.29) is 17.2 Å². The normalized spacial score (nSPS) is 27.8. The van der Waals surface area contributed by atoms with Crippen LogP contribution in [0.4, 0.5) is 17.6 Å². The lowest BCUT2D eigenvalue weighted by molar-refractivity contribution is -0.141. The van der Waals surface area contributed by atoms with Gasteiger partial charge in [-0.2, -0.15) is 18.2 Å². The van der Waals surface area contributed by atoms with Crippen LogP contribution in [0.5, 0.6) is 0 Å². The van der Waals surface area contributed by atoms with E-state index in [0.717, 1.165) is 6.07 Å². The minimum Gasteiger partial charge on any atom is -0.388 e. The van der Waals surface area contributed by atoms with E-state index in [4.69, 9.17) is 4.74 Å². The summed E-state index contributed by atoms with van der Waals surface area (Å²) in [4.78, 5) is 17.3. The molecule has 6 nitrogen and oxygen atoms in total. The van der Waals surface area contributed by atoms with Crippen LogP contribution in [0.2, 0.25) is 0 Å². The molecule has 3 N–H and O–H groups in total. The number of aliphatic hydroxyl groups is 2. The standard InChI is InChI=1S/C14H12F4N2O4/c1-4-9(21)10(22)11(24-4)6-2-5-7(15)3-8(14(16,17)18)19-12(5)20-13(6)23/h2-4,9-11,21-22H,1H3,(H,19,20,23)/t4-,9?,10+,11+/m1/s1. The van der Waals surface area contributed by atoms with Gasteiger partial charge >= 0.3 is 6.18 Å². The number of H-pyrrole nitrogens is 1. The Morgan fingerprint density at radius 3 is 2.46 bits per heavy atom. The SMILES string of the molecule is C[C@H]1O[C@@H](c2cc3c(F)cc(C(F)(F)F)[nH]c-3nc2=O)[C@@H](O)C1O. The highest BCUT2D eigenvalue weighted by molar-refractivity contribution is 5.59. The number of fused-ring (bicyclic) bond motifs is 1. The minimum absolute atomic E-state index is 0.245. The molecule has 0 spiro atoms. The van der Waals surface area contributed by atoms with Crippen LogP contribution in [0.15, 0.2) is 16.9 Å². The summed E-state index contributed by atoms with van der Waals surface area (Å²) in [5.41, 5.74) is -2.97. The maximum absolute atomic E-state index is 14.0. The topological polar surface area (TPSA) is 95.4 Å². The van der Waals surface area contributed by atoms with E-state index < -0.39 is 53.5 Å². The van der Waals surface area contributed by atoms with Gasteiger partial charge in [-0.15, -0.1) is 0 Å². The molecule has 10 heteroatoms. The Morgan fingerprint density at radius 2 is 1.92 bits per heavy atom. The summed E-state index contributed by atoms with van der Waals surface area (Å²) in [6.07, 6.45) is -9.55. The molecule has 3 heterocycles. The zero-order valence-corrected chi connectivity index (χ0v) is 12.1. The number of aromatic nitrogens is 2. The van der Waals surface area contributed by atoms with Crippen LogP contribution in [0.3, 0.4) is 0 Å². The summed E-state index contributed by atoms with van der Waals surface area (Å²) in [5.74, 6) is -1.80. The number of alkyl halides is 3. The Bertz CT molecular complexity index is 807. The van der Waals surface area contributed by atoms with Crippen molar-refractivity contribution < 1.29 is 32.5 Å². The molecule has 0 radical (unpaired) electrons. The highest BCUT2D eigenvalue weighted by Crippen LogP contribution is 2.35. The average Bonchev–Trinajstić information content (AvgIpc) is 2.73. The highest BCUT2D eigenvalue weighted by Gasteiger charge is 2.43. The molecular formula is C14H12F4N2O4. The Kier molecular flexibility index (Phi) is 3.85. The molecule has 0 saturated carbocycles. The van der Waals surface area contributed by atoms with Crippen molar-refractivity contribution in [3.05, 3.63) is 39.6 Å². The van der Waals surface area contributed by atoms with Gasteiger partial charge in [0.15, 0.2) is 0 Å². The maximum atomic E-state index is 14.0. The second-order valence-corrected chi connectivity index (χ2v) is 5.55. The molecule has 0 aromatic heterocycles. The first-order valence-corrected chi connectivity index (χ1v) is 6.92. The summed E-state index contributed by atoms with van der Waals surface area (Å²) < 4.78 is 57.3. The predicted molar refractivity (Wildman–Crippen MR) is 71.7 cm³/mol. The first kappa shape index (κ1) is 16.8. The number of rotatable bonds is 1. The fraction of sp³-hybridized carbons (Fsp3) is 0.429. The number of nitrogens with zero attached hydrogens (tertiary/aromatic N) is 1. The molecule has 0 aliphatic carbocycles. The Labute approximate surface area is 132 Å². The molecule has 130 valence electrons. The molecule has 4 atom stereocenters. The van der Waals surface area contributed by atoms with Crippen molar-refractivity contribution in [2.75, 3.05) is 0 Å². The molecule has 0 amide bonds. The molecule has 1 unspecified atom stereocenters. The van der Waals surface area contributed by atoms with E-state index in [0.29, 0.717) is 0 Å². The summed E-state index contributed by atoms with van der Waals surface area (Å²) >= 11 is 0. The molecule has 1 fully saturated rings. The Balaban J connectivity index is 2.14. The number of aliphatic hydroxyl groups excluding tert-OH is 2. The van der Waals surface area contributed by atoms with Crippen molar-refractivity contribution >= 4 is 0 Å². The van der Waals surface area contributed by atoms with Gasteiger partial charge in [0.25, 0.3) is 5.56 Å². The van der Waals surface area contributed by atoms with Crippen LogP contribution >= 0.6 is 0 Å². The quantitative estimate of drug-likeness (QED) is 0.674. The number of hydrogen-bond donors (Lipinski definition) is 3. The van der Waals surface area contributed by atoms with Gasteiger partial charge in [0.2, 0.25) is 0 Å². The summed E-state index contributed by atoms with van der Waals surface area (Å²) in [5, 5.41) is 19.6. The fourth-order valence-corrected chi connectivity index (χ4v) is 2.62. The molecule has 24 heavy (non-hydrogen) atoms. The fourth-order valence-electron chi connectivity index (χ4n) is 2.62. The lowest BCUT2D eigenvalue weighted by Crippen LogP contribution is -2.30. The van der Waals surface area contributed by atoms with Crippen LogP contribution in [0.1, 0.15) is 24.3 Å². The molecule has 3 rings (SSSR count).